The first-order chi connectivity index (χ1) is 7.11. The van der Waals surface area contributed by atoms with Crippen molar-refractivity contribution < 1.29 is 20.4 Å². The van der Waals surface area contributed by atoms with Gasteiger partial charge < -0.3 is 20.4 Å². The van der Waals surface area contributed by atoms with E-state index in [4.69, 9.17) is 5.11 Å². The standard InChI is InChI=1S/C10H21NO4.ClH/c1-2-3-4-11-5-8(13)10(15)9(14)7(11)6-12;/h7-10,12-15H,2-6H2,1H3;1H. The van der Waals surface area contributed by atoms with Gasteiger partial charge in [-0.15, -0.1) is 12.4 Å². The van der Waals surface area contributed by atoms with E-state index in [-0.39, 0.29) is 19.0 Å². The summed E-state index contributed by atoms with van der Waals surface area (Å²) in [5.74, 6) is 0. The quantitative estimate of drug-likeness (QED) is 0.516. The molecule has 0 aromatic carbocycles. The number of hydrogen-bond acceptors (Lipinski definition) is 5. The van der Waals surface area contributed by atoms with E-state index >= 15 is 0 Å². The van der Waals surface area contributed by atoms with Crippen LogP contribution in [-0.2, 0) is 0 Å². The summed E-state index contributed by atoms with van der Waals surface area (Å²) >= 11 is 0. The van der Waals surface area contributed by atoms with E-state index in [2.05, 4.69) is 6.92 Å². The lowest BCUT2D eigenvalue weighted by atomic mass is 9.94. The first kappa shape index (κ1) is 16.1. The zero-order valence-corrected chi connectivity index (χ0v) is 10.3. The summed E-state index contributed by atoms with van der Waals surface area (Å²) in [5, 5.41) is 37.8. The summed E-state index contributed by atoms with van der Waals surface area (Å²) in [5.41, 5.74) is 0. The Morgan fingerprint density at radius 2 is 1.81 bits per heavy atom. The second-order valence-corrected chi connectivity index (χ2v) is 4.15. The third-order valence-corrected chi connectivity index (χ3v) is 3.01. The number of β-amino-alcohol motifs (C(OH)–C–C–N with tert-alkyl or cyclic N) is 1. The molecule has 1 heterocycles. The minimum Gasteiger partial charge on any atom is -0.395 e. The SMILES string of the molecule is CCCCN1CC(O)C(O)C(O)C1CO.Cl. The highest BCUT2D eigenvalue weighted by Crippen LogP contribution is 2.19. The van der Waals surface area contributed by atoms with Gasteiger partial charge >= 0.3 is 0 Å². The van der Waals surface area contributed by atoms with Crippen LogP contribution in [0.3, 0.4) is 0 Å². The van der Waals surface area contributed by atoms with Crippen molar-refractivity contribution in [1.82, 2.24) is 4.90 Å². The molecule has 0 aromatic rings. The van der Waals surface area contributed by atoms with Gasteiger partial charge in [-0.2, -0.15) is 0 Å². The number of piperidine rings is 1. The molecular weight excluding hydrogens is 234 g/mol. The van der Waals surface area contributed by atoms with Crippen LogP contribution in [0.25, 0.3) is 0 Å². The molecule has 0 amide bonds. The van der Waals surface area contributed by atoms with Gasteiger partial charge in [0, 0.05) is 6.54 Å². The van der Waals surface area contributed by atoms with E-state index in [0.29, 0.717) is 6.54 Å². The summed E-state index contributed by atoms with van der Waals surface area (Å²) in [6.45, 7) is 2.89. The maximum atomic E-state index is 9.67. The van der Waals surface area contributed by atoms with E-state index in [1.165, 1.54) is 0 Å². The minimum absolute atomic E-state index is 0. The molecule has 4 unspecified atom stereocenters. The molecule has 1 aliphatic rings. The maximum absolute atomic E-state index is 9.67. The number of rotatable bonds is 4. The molecule has 1 fully saturated rings. The van der Waals surface area contributed by atoms with E-state index in [1.807, 2.05) is 4.90 Å². The van der Waals surface area contributed by atoms with Crippen LogP contribution in [0.15, 0.2) is 0 Å². The number of unbranched alkanes of at least 4 members (excludes halogenated alkanes) is 1. The van der Waals surface area contributed by atoms with Crippen molar-refractivity contribution in [3.63, 3.8) is 0 Å². The number of likely N-dealkylation sites (tertiary alicyclic amines) is 1. The van der Waals surface area contributed by atoms with Crippen LogP contribution in [-0.4, -0.2) is 69.4 Å². The number of aliphatic hydroxyl groups is 4. The number of nitrogens with zero attached hydrogens (tertiary/aromatic N) is 1. The van der Waals surface area contributed by atoms with Crippen molar-refractivity contribution in [2.45, 2.75) is 44.1 Å². The Bertz CT molecular complexity index is 196. The number of hydrogen-bond donors (Lipinski definition) is 4. The summed E-state index contributed by atoms with van der Waals surface area (Å²) in [6, 6.07) is -0.463. The Hall–Kier alpha value is 0.0900. The molecule has 1 rings (SSSR count). The average Bonchev–Trinajstić information content (AvgIpc) is 2.23. The fraction of sp³-hybridized carbons (Fsp3) is 1.00. The molecule has 0 saturated carbocycles. The van der Waals surface area contributed by atoms with Crippen LogP contribution < -0.4 is 0 Å². The molecule has 6 heteroatoms. The van der Waals surface area contributed by atoms with Crippen molar-refractivity contribution in [2.24, 2.45) is 0 Å². The number of halogens is 1. The topological polar surface area (TPSA) is 84.2 Å². The van der Waals surface area contributed by atoms with Gasteiger partial charge in [0.2, 0.25) is 0 Å². The van der Waals surface area contributed by atoms with Crippen LogP contribution in [0, 0.1) is 0 Å². The third kappa shape index (κ3) is 3.55. The highest BCUT2D eigenvalue weighted by atomic mass is 35.5. The van der Waals surface area contributed by atoms with Gasteiger partial charge in [0.25, 0.3) is 0 Å². The molecule has 0 aromatic heterocycles. The van der Waals surface area contributed by atoms with Gasteiger partial charge in [0.05, 0.1) is 18.8 Å². The van der Waals surface area contributed by atoms with Gasteiger partial charge in [0.15, 0.2) is 0 Å². The van der Waals surface area contributed by atoms with Crippen LogP contribution in [0.2, 0.25) is 0 Å². The summed E-state index contributed by atoms with van der Waals surface area (Å²) in [7, 11) is 0. The lowest BCUT2D eigenvalue weighted by Gasteiger charge is -2.43. The second kappa shape index (κ2) is 7.42. The molecule has 98 valence electrons. The summed E-state index contributed by atoms with van der Waals surface area (Å²) in [4.78, 5) is 1.84. The normalized spacial score (nSPS) is 35.8. The van der Waals surface area contributed by atoms with Crippen LogP contribution in [0.1, 0.15) is 19.8 Å². The predicted molar refractivity (Wildman–Crippen MR) is 62.6 cm³/mol. The summed E-state index contributed by atoms with van der Waals surface area (Å²) in [6.07, 6.45) is -1.19. The molecule has 4 N–H and O–H groups in total. The Labute approximate surface area is 102 Å². The lowest BCUT2D eigenvalue weighted by molar-refractivity contribution is -0.145. The smallest absolute Gasteiger partial charge is 0.109 e. The molecule has 1 aliphatic heterocycles. The van der Waals surface area contributed by atoms with Gasteiger partial charge in [-0.3, -0.25) is 4.90 Å². The number of aliphatic hydroxyl groups excluding tert-OH is 4. The molecule has 0 radical (unpaired) electrons. The average molecular weight is 256 g/mol. The monoisotopic (exact) mass is 255 g/mol. The Kier molecular flexibility index (Phi) is 7.46. The highest BCUT2D eigenvalue weighted by Gasteiger charge is 2.40. The van der Waals surface area contributed by atoms with Crippen molar-refractivity contribution in [3.8, 4) is 0 Å². The molecule has 1 saturated heterocycles. The van der Waals surface area contributed by atoms with Crippen molar-refractivity contribution >= 4 is 12.4 Å². The van der Waals surface area contributed by atoms with Crippen molar-refractivity contribution in [2.75, 3.05) is 19.7 Å². The Morgan fingerprint density at radius 3 is 2.31 bits per heavy atom. The van der Waals surface area contributed by atoms with Crippen molar-refractivity contribution in [1.29, 1.82) is 0 Å². The predicted octanol–water partition coefficient (Wildman–Crippen LogP) is -1.03. The summed E-state index contributed by atoms with van der Waals surface area (Å²) < 4.78 is 0. The fourth-order valence-electron chi connectivity index (χ4n) is 2.00. The molecule has 16 heavy (non-hydrogen) atoms. The van der Waals surface area contributed by atoms with E-state index in [9.17, 15) is 15.3 Å². The second-order valence-electron chi connectivity index (χ2n) is 4.15. The third-order valence-electron chi connectivity index (χ3n) is 3.01. The molecule has 0 bridgehead atoms. The van der Waals surface area contributed by atoms with Crippen LogP contribution in [0.5, 0.6) is 0 Å². The van der Waals surface area contributed by atoms with Gasteiger partial charge in [-0.25, -0.2) is 0 Å². The van der Waals surface area contributed by atoms with Crippen LogP contribution >= 0.6 is 12.4 Å². The van der Waals surface area contributed by atoms with Gasteiger partial charge in [-0.05, 0) is 13.0 Å². The lowest BCUT2D eigenvalue weighted by Crippen LogP contribution is -2.62. The largest absolute Gasteiger partial charge is 0.395 e. The van der Waals surface area contributed by atoms with Gasteiger partial charge in [0.1, 0.15) is 12.2 Å². The maximum Gasteiger partial charge on any atom is 0.109 e. The van der Waals surface area contributed by atoms with E-state index in [0.717, 1.165) is 19.4 Å². The molecule has 0 spiro atoms. The molecule has 0 aliphatic carbocycles. The van der Waals surface area contributed by atoms with E-state index < -0.39 is 24.4 Å². The Morgan fingerprint density at radius 1 is 1.19 bits per heavy atom. The minimum atomic E-state index is -1.15. The molecule has 4 atom stereocenters. The first-order valence-corrected chi connectivity index (χ1v) is 5.51. The first-order valence-electron chi connectivity index (χ1n) is 5.51. The molecular formula is C10H22ClNO4. The highest BCUT2D eigenvalue weighted by molar-refractivity contribution is 5.85. The van der Waals surface area contributed by atoms with E-state index in [1.54, 1.807) is 0 Å². The molecule has 5 nitrogen and oxygen atoms in total. The Balaban J connectivity index is 0.00000225. The van der Waals surface area contributed by atoms with Gasteiger partial charge in [-0.1, -0.05) is 13.3 Å². The zero-order valence-electron chi connectivity index (χ0n) is 9.49. The fourth-order valence-corrected chi connectivity index (χ4v) is 2.00. The van der Waals surface area contributed by atoms with Crippen LogP contribution in [0.4, 0.5) is 0 Å². The van der Waals surface area contributed by atoms with Crippen molar-refractivity contribution in [3.05, 3.63) is 0 Å². The zero-order chi connectivity index (χ0) is 11.4.